The first-order chi connectivity index (χ1) is 17.2. The second-order valence-electron chi connectivity index (χ2n) is 8.24. The number of carbonyl (C=O) groups excluding carboxylic acids is 2. The molecule has 7 nitrogen and oxygen atoms in total. The molecule has 0 aliphatic carbocycles. The van der Waals surface area contributed by atoms with Crippen LogP contribution in [0.2, 0.25) is 5.02 Å². The maximum atomic E-state index is 15.3. The quantitative estimate of drug-likeness (QED) is 0.374. The van der Waals surface area contributed by atoms with Gasteiger partial charge in [0.1, 0.15) is 35.1 Å². The lowest BCUT2D eigenvalue weighted by Gasteiger charge is -2.39. The number of carbonyl (C=O) groups is 2. The van der Waals surface area contributed by atoms with Crippen LogP contribution < -0.4 is 10.5 Å². The Labute approximate surface area is 214 Å². The lowest BCUT2D eigenvalue weighted by molar-refractivity contribution is -0.134. The first-order valence-electron chi connectivity index (χ1n) is 10.9. The lowest BCUT2D eigenvalue weighted by Crippen LogP contribution is -2.56. The van der Waals surface area contributed by atoms with Crippen molar-refractivity contribution in [1.29, 1.82) is 5.26 Å². The molecule has 1 atom stereocenters. The van der Waals surface area contributed by atoms with Crippen LogP contribution in [0.15, 0.2) is 30.9 Å². The van der Waals surface area contributed by atoms with Gasteiger partial charge in [0.2, 0.25) is 12.3 Å². The molecule has 1 unspecified atom stereocenters. The summed E-state index contributed by atoms with van der Waals surface area (Å²) in [5, 5.41) is 9.82. The van der Waals surface area contributed by atoms with E-state index in [0.717, 1.165) is 11.3 Å². The number of hydrogen-bond donors (Lipinski definition) is 1. The van der Waals surface area contributed by atoms with Crippen LogP contribution in [0.4, 0.5) is 13.8 Å². The highest BCUT2D eigenvalue weighted by molar-refractivity contribution is 7.23. The molecule has 2 aromatic carbocycles. The third kappa shape index (κ3) is 4.36. The van der Waals surface area contributed by atoms with Gasteiger partial charge in [-0.25, -0.2) is 8.78 Å². The van der Waals surface area contributed by atoms with E-state index < -0.39 is 17.7 Å². The van der Waals surface area contributed by atoms with E-state index >= 15 is 4.39 Å². The molecule has 2 amide bonds. The van der Waals surface area contributed by atoms with Crippen molar-refractivity contribution >= 4 is 50.3 Å². The molecular formula is C25H21ClF2N4O3S. The molecule has 4 rings (SSSR count). The third-order valence-corrected chi connectivity index (χ3v) is 7.52. The Morgan fingerprint density at radius 2 is 2.14 bits per heavy atom. The monoisotopic (exact) mass is 530 g/mol. The zero-order valence-electron chi connectivity index (χ0n) is 19.2. The number of hydrogen-bond acceptors (Lipinski definition) is 6. The van der Waals surface area contributed by atoms with Gasteiger partial charge in [-0.1, -0.05) is 24.2 Å². The van der Waals surface area contributed by atoms with E-state index in [-0.39, 0.29) is 61.6 Å². The molecular weight excluding hydrogens is 510 g/mol. The van der Waals surface area contributed by atoms with Gasteiger partial charge in [0.25, 0.3) is 0 Å². The smallest absolute Gasteiger partial charge is 0.246 e. The van der Waals surface area contributed by atoms with E-state index in [1.165, 1.54) is 29.2 Å². The Morgan fingerprint density at radius 1 is 1.39 bits per heavy atom. The largest absolute Gasteiger partial charge is 0.490 e. The molecule has 1 aliphatic rings. The van der Waals surface area contributed by atoms with Gasteiger partial charge in [0.05, 0.1) is 21.3 Å². The highest BCUT2D eigenvalue weighted by atomic mass is 35.5. The van der Waals surface area contributed by atoms with Crippen LogP contribution in [-0.4, -0.2) is 54.4 Å². The van der Waals surface area contributed by atoms with Gasteiger partial charge >= 0.3 is 0 Å². The third-order valence-electron chi connectivity index (χ3n) is 6.13. The van der Waals surface area contributed by atoms with Gasteiger partial charge in [-0.3, -0.25) is 9.59 Å². The number of halogens is 3. The van der Waals surface area contributed by atoms with Crippen LogP contribution in [0.3, 0.4) is 0 Å². The van der Waals surface area contributed by atoms with Crippen molar-refractivity contribution in [2.24, 2.45) is 0 Å². The molecule has 1 aromatic heterocycles. The minimum Gasteiger partial charge on any atom is -0.490 e. The zero-order chi connectivity index (χ0) is 26.1. The average molecular weight is 531 g/mol. The van der Waals surface area contributed by atoms with Crippen molar-refractivity contribution in [1.82, 2.24) is 9.80 Å². The summed E-state index contributed by atoms with van der Waals surface area (Å²) in [7, 11) is 0. The van der Waals surface area contributed by atoms with Gasteiger partial charge in [-0.15, -0.1) is 11.3 Å². The van der Waals surface area contributed by atoms with Crippen LogP contribution in [0.25, 0.3) is 21.2 Å². The molecule has 0 bridgehead atoms. The van der Waals surface area contributed by atoms with Crippen LogP contribution in [0.1, 0.15) is 11.1 Å². The summed E-state index contributed by atoms with van der Waals surface area (Å²) < 4.78 is 35.9. The fraction of sp³-hybridized carbons (Fsp3) is 0.240. The van der Waals surface area contributed by atoms with Gasteiger partial charge in [-0.05, 0) is 36.3 Å². The van der Waals surface area contributed by atoms with Crippen LogP contribution >= 0.6 is 22.9 Å². The van der Waals surface area contributed by atoms with E-state index in [0.29, 0.717) is 25.1 Å². The predicted octanol–water partition coefficient (Wildman–Crippen LogP) is 4.50. The number of piperazine rings is 1. The highest BCUT2D eigenvalue weighted by Crippen LogP contribution is 2.46. The Hall–Kier alpha value is -3.68. The Bertz CT molecular complexity index is 1440. The summed E-state index contributed by atoms with van der Waals surface area (Å²) in [5.74, 6) is -1.35. The van der Waals surface area contributed by atoms with Gasteiger partial charge < -0.3 is 20.3 Å². The van der Waals surface area contributed by atoms with Crippen LogP contribution in [-0.2, 0) is 9.59 Å². The number of fused-ring (bicyclic) bond motifs is 1. The molecule has 3 aromatic rings. The SMILES string of the molecule is C=CC(=O)N1CCN(C=O)C(COc2c(C)cc(F)c(-c3ccc(F)c4sc(N)c(C#N)c34)c2Cl)C1. The van der Waals surface area contributed by atoms with Crippen molar-refractivity contribution in [3.63, 3.8) is 0 Å². The fourth-order valence-electron chi connectivity index (χ4n) is 4.32. The summed E-state index contributed by atoms with van der Waals surface area (Å²) in [6.07, 6.45) is 1.89. The fourth-order valence-corrected chi connectivity index (χ4v) is 5.66. The molecule has 0 spiro atoms. The average Bonchev–Trinajstić information content (AvgIpc) is 3.21. The number of benzene rings is 2. The Balaban J connectivity index is 1.75. The number of ether oxygens (including phenoxy) is 1. The van der Waals surface area contributed by atoms with Gasteiger partial charge in [0.15, 0.2) is 0 Å². The molecule has 1 aliphatic heterocycles. The number of nitrogens with two attached hydrogens (primary N) is 1. The number of nitrogen functional groups attached to an aromatic ring is 1. The normalized spacial score (nSPS) is 15.6. The van der Waals surface area contributed by atoms with Crippen LogP contribution in [0.5, 0.6) is 5.75 Å². The van der Waals surface area contributed by atoms with Crippen molar-refractivity contribution in [3.8, 4) is 22.9 Å². The summed E-state index contributed by atoms with van der Waals surface area (Å²) in [6.45, 7) is 6.01. The van der Waals surface area contributed by atoms with Gasteiger partial charge in [-0.2, -0.15) is 5.26 Å². The molecule has 11 heteroatoms. The number of nitriles is 1. The first kappa shape index (κ1) is 25.4. The molecule has 0 saturated carbocycles. The predicted molar refractivity (Wildman–Crippen MR) is 135 cm³/mol. The maximum absolute atomic E-state index is 15.3. The molecule has 36 heavy (non-hydrogen) atoms. The topological polar surface area (TPSA) is 99.7 Å². The van der Waals surface area contributed by atoms with E-state index in [4.69, 9.17) is 22.1 Å². The lowest BCUT2D eigenvalue weighted by atomic mass is 9.97. The number of rotatable bonds is 6. The summed E-state index contributed by atoms with van der Waals surface area (Å²) in [5.41, 5.74) is 6.51. The molecule has 0 radical (unpaired) electrons. The highest BCUT2D eigenvalue weighted by Gasteiger charge is 2.30. The van der Waals surface area contributed by atoms with Crippen molar-refractivity contribution in [3.05, 3.63) is 58.6 Å². The van der Waals surface area contributed by atoms with Crippen molar-refractivity contribution in [2.45, 2.75) is 13.0 Å². The number of aryl methyl sites for hydroxylation is 1. The van der Waals surface area contributed by atoms with E-state index in [1.54, 1.807) is 11.8 Å². The van der Waals surface area contributed by atoms with Crippen LogP contribution in [0, 0.1) is 29.9 Å². The maximum Gasteiger partial charge on any atom is 0.246 e. The molecule has 186 valence electrons. The van der Waals surface area contributed by atoms with Crippen molar-refractivity contribution < 1.29 is 23.1 Å². The standard InChI is InChI=1S/C25H21ClF2N4O3S/c1-3-19(34)31-6-7-32(12-33)14(10-31)11-35-23-13(2)8-18(28)21(22(23)26)15-4-5-17(27)24-20(15)16(9-29)25(30)36-24/h3-5,8,12,14H,1,6-7,10-11,30H2,2H3. The summed E-state index contributed by atoms with van der Waals surface area (Å²) in [4.78, 5) is 26.7. The summed E-state index contributed by atoms with van der Waals surface area (Å²) >= 11 is 7.56. The molecule has 1 fully saturated rings. The number of amides is 2. The number of anilines is 1. The Morgan fingerprint density at radius 3 is 2.81 bits per heavy atom. The second kappa shape index (κ2) is 10.1. The second-order valence-corrected chi connectivity index (χ2v) is 9.67. The van der Waals surface area contributed by atoms with Gasteiger partial charge in [0, 0.05) is 30.6 Å². The molecule has 2 N–H and O–H groups in total. The Kier molecular flexibility index (Phi) is 7.15. The number of thiophene rings is 1. The summed E-state index contributed by atoms with van der Waals surface area (Å²) in [6, 6.07) is 5.24. The zero-order valence-corrected chi connectivity index (χ0v) is 20.8. The number of nitrogens with zero attached hydrogens (tertiary/aromatic N) is 3. The van der Waals surface area contributed by atoms with E-state index in [1.807, 2.05) is 6.07 Å². The minimum atomic E-state index is -0.679. The minimum absolute atomic E-state index is 0.0149. The molecule has 1 saturated heterocycles. The first-order valence-corrected chi connectivity index (χ1v) is 12.1. The molecule has 2 heterocycles. The van der Waals surface area contributed by atoms with E-state index in [9.17, 15) is 19.2 Å². The van der Waals surface area contributed by atoms with E-state index in [2.05, 4.69) is 6.58 Å². The van der Waals surface area contributed by atoms with Crippen molar-refractivity contribution in [2.75, 3.05) is 32.0 Å².